The molecule has 0 fully saturated rings. The molecule has 1 heterocycles. The normalized spacial score (nSPS) is 10.7. The van der Waals surface area contributed by atoms with Gasteiger partial charge in [0.05, 0.1) is 23.7 Å². The number of benzene rings is 2. The summed E-state index contributed by atoms with van der Waals surface area (Å²) in [4.78, 5) is 16.8. The number of hydrogen-bond acceptors (Lipinski definition) is 4. The van der Waals surface area contributed by atoms with Gasteiger partial charge >= 0.3 is 0 Å². The molecule has 3 aromatic rings. The third kappa shape index (κ3) is 3.35. The molecular weight excluding hydrogens is 308 g/mol. The minimum Gasteiger partial charge on any atom is -0.496 e. The molecule has 1 amide bonds. The number of amides is 1. The van der Waals surface area contributed by atoms with Crippen molar-refractivity contribution in [3.8, 4) is 5.75 Å². The summed E-state index contributed by atoms with van der Waals surface area (Å²) >= 11 is 1.50. The zero-order chi connectivity index (χ0) is 16.4. The van der Waals surface area contributed by atoms with Gasteiger partial charge in [-0.05, 0) is 37.1 Å². The van der Waals surface area contributed by atoms with Crippen molar-refractivity contribution in [2.24, 2.45) is 0 Å². The molecule has 0 aliphatic carbocycles. The smallest absolute Gasteiger partial charge is 0.230 e. The van der Waals surface area contributed by atoms with Gasteiger partial charge in [0.15, 0.2) is 5.13 Å². The van der Waals surface area contributed by atoms with Crippen LogP contribution in [0.15, 0.2) is 36.4 Å². The number of aryl methyl sites for hydroxylation is 2. The van der Waals surface area contributed by atoms with Gasteiger partial charge < -0.3 is 10.1 Å². The molecule has 0 bridgehead atoms. The Morgan fingerprint density at radius 1 is 1.26 bits per heavy atom. The molecule has 0 unspecified atom stereocenters. The second-order valence-electron chi connectivity index (χ2n) is 5.48. The van der Waals surface area contributed by atoms with E-state index in [9.17, 15) is 4.79 Å². The largest absolute Gasteiger partial charge is 0.496 e. The maximum atomic E-state index is 12.3. The summed E-state index contributed by atoms with van der Waals surface area (Å²) in [6, 6.07) is 11.7. The summed E-state index contributed by atoms with van der Waals surface area (Å²) in [7, 11) is 1.61. The highest BCUT2D eigenvalue weighted by Gasteiger charge is 2.12. The van der Waals surface area contributed by atoms with Crippen LogP contribution in [0, 0.1) is 13.8 Å². The molecule has 0 saturated heterocycles. The Morgan fingerprint density at radius 2 is 2.04 bits per heavy atom. The second kappa shape index (κ2) is 6.38. The molecule has 118 valence electrons. The van der Waals surface area contributed by atoms with E-state index in [1.807, 2.05) is 31.2 Å². The van der Waals surface area contributed by atoms with Gasteiger partial charge in [0.25, 0.3) is 0 Å². The zero-order valence-corrected chi connectivity index (χ0v) is 14.2. The maximum absolute atomic E-state index is 12.3. The van der Waals surface area contributed by atoms with Crippen LogP contribution in [0.2, 0.25) is 0 Å². The van der Waals surface area contributed by atoms with Crippen LogP contribution in [0.5, 0.6) is 5.75 Å². The van der Waals surface area contributed by atoms with Crippen LogP contribution in [-0.2, 0) is 11.2 Å². The van der Waals surface area contributed by atoms with Crippen molar-refractivity contribution in [3.05, 3.63) is 53.1 Å². The third-order valence-electron chi connectivity index (χ3n) is 3.62. The van der Waals surface area contributed by atoms with E-state index in [1.54, 1.807) is 7.11 Å². The molecule has 0 saturated carbocycles. The molecule has 0 aliphatic heterocycles. The fraction of sp³-hybridized carbons (Fsp3) is 0.222. The van der Waals surface area contributed by atoms with Crippen LogP contribution in [0.3, 0.4) is 0 Å². The van der Waals surface area contributed by atoms with Crippen LogP contribution in [-0.4, -0.2) is 18.0 Å². The standard InChI is InChI=1S/C18H18N2O2S/c1-11-8-12(2)17-15(9-11)23-18(20-17)19-16(21)10-13-6-4-5-7-14(13)22-3/h4-9H,10H2,1-3H3,(H,19,20,21). The van der Waals surface area contributed by atoms with Crippen molar-refractivity contribution in [1.29, 1.82) is 0 Å². The van der Waals surface area contributed by atoms with Crippen molar-refractivity contribution in [1.82, 2.24) is 4.98 Å². The number of aromatic nitrogens is 1. The van der Waals surface area contributed by atoms with E-state index in [0.29, 0.717) is 5.13 Å². The first kappa shape index (κ1) is 15.5. The van der Waals surface area contributed by atoms with Crippen LogP contribution < -0.4 is 10.1 Å². The second-order valence-corrected chi connectivity index (χ2v) is 6.52. The number of para-hydroxylation sites is 1. The topological polar surface area (TPSA) is 51.2 Å². The van der Waals surface area contributed by atoms with Crippen LogP contribution >= 0.6 is 11.3 Å². The van der Waals surface area contributed by atoms with Crippen LogP contribution in [0.25, 0.3) is 10.2 Å². The van der Waals surface area contributed by atoms with E-state index in [1.165, 1.54) is 16.9 Å². The average Bonchev–Trinajstić information content (AvgIpc) is 2.90. The van der Waals surface area contributed by atoms with Crippen molar-refractivity contribution in [2.75, 3.05) is 12.4 Å². The highest BCUT2D eigenvalue weighted by Crippen LogP contribution is 2.29. The fourth-order valence-electron chi connectivity index (χ4n) is 2.61. The van der Waals surface area contributed by atoms with Gasteiger partial charge in [-0.15, -0.1) is 0 Å². The molecule has 3 rings (SSSR count). The van der Waals surface area contributed by atoms with Gasteiger partial charge in [-0.25, -0.2) is 4.98 Å². The molecule has 1 aromatic heterocycles. The van der Waals surface area contributed by atoms with Crippen molar-refractivity contribution in [2.45, 2.75) is 20.3 Å². The number of carbonyl (C=O) groups excluding carboxylic acids is 1. The van der Waals surface area contributed by atoms with E-state index < -0.39 is 0 Å². The highest BCUT2D eigenvalue weighted by molar-refractivity contribution is 7.22. The van der Waals surface area contributed by atoms with E-state index in [-0.39, 0.29) is 12.3 Å². The number of thiazole rings is 1. The Labute approximate surface area is 139 Å². The van der Waals surface area contributed by atoms with Gasteiger partial charge in [-0.3, -0.25) is 4.79 Å². The Kier molecular flexibility index (Phi) is 4.30. The number of ether oxygens (including phenoxy) is 1. The number of rotatable bonds is 4. The number of nitrogens with zero attached hydrogens (tertiary/aromatic N) is 1. The Hall–Kier alpha value is -2.40. The molecule has 23 heavy (non-hydrogen) atoms. The molecule has 0 aliphatic rings. The van der Waals surface area contributed by atoms with Gasteiger partial charge in [0.2, 0.25) is 5.91 Å². The molecule has 0 radical (unpaired) electrons. The Balaban J connectivity index is 1.79. The average molecular weight is 326 g/mol. The number of carbonyl (C=O) groups is 1. The Morgan fingerprint density at radius 3 is 2.83 bits per heavy atom. The quantitative estimate of drug-likeness (QED) is 0.785. The number of nitrogens with one attached hydrogen (secondary N) is 1. The summed E-state index contributed by atoms with van der Waals surface area (Å²) in [6.45, 7) is 4.10. The molecule has 1 N–H and O–H groups in total. The molecule has 2 aromatic carbocycles. The summed E-state index contributed by atoms with van der Waals surface area (Å²) in [6.07, 6.45) is 0.262. The molecule has 5 heteroatoms. The lowest BCUT2D eigenvalue weighted by molar-refractivity contribution is -0.115. The number of anilines is 1. The lowest BCUT2D eigenvalue weighted by Gasteiger charge is -2.07. The zero-order valence-electron chi connectivity index (χ0n) is 13.3. The fourth-order valence-corrected chi connectivity index (χ4v) is 3.67. The monoisotopic (exact) mass is 326 g/mol. The molecule has 0 spiro atoms. The van der Waals surface area contributed by atoms with Crippen molar-refractivity contribution in [3.63, 3.8) is 0 Å². The van der Waals surface area contributed by atoms with E-state index >= 15 is 0 Å². The van der Waals surface area contributed by atoms with Gasteiger partial charge in [0, 0.05) is 5.56 Å². The number of hydrogen-bond donors (Lipinski definition) is 1. The van der Waals surface area contributed by atoms with Gasteiger partial charge in [-0.1, -0.05) is 35.6 Å². The van der Waals surface area contributed by atoms with Crippen molar-refractivity contribution >= 4 is 32.6 Å². The summed E-state index contributed by atoms with van der Waals surface area (Å²) in [5.74, 6) is 0.626. The maximum Gasteiger partial charge on any atom is 0.230 e. The minimum absolute atomic E-state index is 0.0945. The summed E-state index contributed by atoms with van der Waals surface area (Å²) < 4.78 is 6.37. The predicted molar refractivity (Wildman–Crippen MR) is 94.4 cm³/mol. The third-order valence-corrected chi connectivity index (χ3v) is 4.54. The first-order valence-electron chi connectivity index (χ1n) is 7.36. The lowest BCUT2D eigenvalue weighted by Crippen LogP contribution is -2.14. The minimum atomic E-state index is -0.0945. The van der Waals surface area contributed by atoms with E-state index in [0.717, 1.165) is 27.1 Å². The number of methoxy groups -OCH3 is 1. The van der Waals surface area contributed by atoms with Gasteiger partial charge in [0.1, 0.15) is 5.75 Å². The summed E-state index contributed by atoms with van der Waals surface area (Å²) in [5, 5.41) is 3.52. The van der Waals surface area contributed by atoms with Crippen molar-refractivity contribution < 1.29 is 9.53 Å². The predicted octanol–water partition coefficient (Wildman–Crippen LogP) is 4.10. The Bertz CT molecular complexity index is 871. The molecule has 0 atom stereocenters. The summed E-state index contributed by atoms with van der Waals surface area (Å²) in [5.41, 5.74) is 4.14. The molecule has 4 nitrogen and oxygen atoms in total. The first-order valence-corrected chi connectivity index (χ1v) is 8.18. The lowest BCUT2D eigenvalue weighted by atomic mass is 10.1. The first-order chi connectivity index (χ1) is 11.1. The SMILES string of the molecule is COc1ccccc1CC(=O)Nc1nc2c(C)cc(C)cc2s1. The van der Waals surface area contributed by atoms with Gasteiger partial charge in [-0.2, -0.15) is 0 Å². The number of fused-ring (bicyclic) bond motifs is 1. The van der Waals surface area contributed by atoms with Crippen LogP contribution in [0.4, 0.5) is 5.13 Å². The van der Waals surface area contributed by atoms with E-state index in [2.05, 4.69) is 29.4 Å². The molecular formula is C18H18N2O2S. The van der Waals surface area contributed by atoms with Crippen LogP contribution in [0.1, 0.15) is 16.7 Å². The van der Waals surface area contributed by atoms with E-state index in [4.69, 9.17) is 4.74 Å². The highest BCUT2D eigenvalue weighted by atomic mass is 32.1.